The van der Waals surface area contributed by atoms with Gasteiger partial charge < -0.3 is 15.3 Å². The lowest BCUT2D eigenvalue weighted by Gasteiger charge is -2.60. The fraction of sp³-hybridized carbons (Fsp3) is 0.808. The summed E-state index contributed by atoms with van der Waals surface area (Å²) >= 11 is 0. The first-order valence-corrected chi connectivity index (χ1v) is 12.2. The minimum absolute atomic E-state index is 0.0106. The average Bonchev–Trinajstić information content (AvgIpc) is 2.95. The van der Waals surface area contributed by atoms with Gasteiger partial charge in [0.2, 0.25) is 5.91 Å². The summed E-state index contributed by atoms with van der Waals surface area (Å²) in [6.07, 6.45) is 11.7. The number of fused-ring (bicyclic) bond motifs is 5. The number of ether oxygens (including phenoxy) is 1. The summed E-state index contributed by atoms with van der Waals surface area (Å²) in [7, 11) is 0. The molecule has 4 rings (SSSR count). The Morgan fingerprint density at radius 3 is 2.58 bits per heavy atom. The van der Waals surface area contributed by atoms with E-state index in [-0.39, 0.29) is 40.1 Å². The normalized spacial score (nSPS) is 46.2. The van der Waals surface area contributed by atoms with Crippen molar-refractivity contribution in [3.63, 3.8) is 0 Å². The number of hydrogen-bond acceptors (Lipinski definition) is 4. The zero-order chi connectivity index (χ0) is 22.6. The third-order valence-corrected chi connectivity index (χ3v) is 10.4. The number of carbonyl (C=O) groups excluding carboxylic acids is 3. The molecule has 0 aromatic rings. The van der Waals surface area contributed by atoms with Gasteiger partial charge in [-0.15, -0.1) is 0 Å². The lowest BCUT2D eigenvalue weighted by molar-refractivity contribution is -0.149. The number of esters is 1. The van der Waals surface area contributed by atoms with E-state index in [1.54, 1.807) is 0 Å². The minimum Gasteiger partial charge on any atom is -0.462 e. The predicted molar refractivity (Wildman–Crippen MR) is 119 cm³/mol. The Kier molecular flexibility index (Phi) is 5.63. The van der Waals surface area contributed by atoms with E-state index >= 15 is 0 Å². The monoisotopic (exact) mass is 429 g/mol. The maximum Gasteiger partial charge on any atom is 0.302 e. The molecule has 0 spiro atoms. The number of amides is 1. The molecule has 2 N–H and O–H groups in total. The summed E-state index contributed by atoms with van der Waals surface area (Å²) in [5.41, 5.74) is 7.00. The molecule has 0 aromatic carbocycles. The van der Waals surface area contributed by atoms with E-state index in [0.29, 0.717) is 24.2 Å². The largest absolute Gasteiger partial charge is 0.462 e. The number of aldehydes is 1. The zero-order valence-corrected chi connectivity index (χ0v) is 19.6. The Hall–Kier alpha value is -1.65. The van der Waals surface area contributed by atoms with Crippen LogP contribution in [-0.4, -0.2) is 24.3 Å². The Labute approximate surface area is 186 Å². The third kappa shape index (κ3) is 3.21. The highest BCUT2D eigenvalue weighted by molar-refractivity contribution is 5.76. The van der Waals surface area contributed by atoms with Gasteiger partial charge in [0.25, 0.3) is 0 Å². The lowest BCUT2D eigenvalue weighted by Crippen LogP contribution is -2.53. The van der Waals surface area contributed by atoms with Crippen molar-refractivity contribution in [1.29, 1.82) is 0 Å². The molecule has 0 radical (unpaired) electrons. The van der Waals surface area contributed by atoms with Crippen molar-refractivity contribution in [1.82, 2.24) is 0 Å². The maximum absolute atomic E-state index is 12.2. The number of nitrogens with two attached hydrogens (primary N) is 1. The van der Waals surface area contributed by atoms with Crippen molar-refractivity contribution in [2.45, 2.75) is 91.6 Å². The van der Waals surface area contributed by atoms with Crippen molar-refractivity contribution in [2.24, 2.45) is 45.7 Å². The van der Waals surface area contributed by atoms with E-state index in [1.165, 1.54) is 12.5 Å². The number of rotatable bonds is 5. The minimum atomic E-state index is -0.311. The van der Waals surface area contributed by atoms with Crippen LogP contribution in [0, 0.1) is 39.9 Å². The molecule has 5 nitrogen and oxygen atoms in total. The molecule has 4 aliphatic rings. The van der Waals surface area contributed by atoms with Gasteiger partial charge in [-0.2, -0.15) is 0 Å². The molecule has 3 fully saturated rings. The van der Waals surface area contributed by atoms with Crippen LogP contribution in [0.15, 0.2) is 11.6 Å². The Balaban J connectivity index is 1.66. The van der Waals surface area contributed by atoms with Gasteiger partial charge in [-0.3, -0.25) is 9.59 Å². The second-order valence-corrected chi connectivity index (χ2v) is 11.3. The second-order valence-electron chi connectivity index (χ2n) is 11.3. The highest BCUT2D eigenvalue weighted by atomic mass is 16.5. The van der Waals surface area contributed by atoms with E-state index in [2.05, 4.69) is 26.8 Å². The smallest absolute Gasteiger partial charge is 0.302 e. The molecular weight excluding hydrogens is 390 g/mol. The molecule has 0 aliphatic heterocycles. The van der Waals surface area contributed by atoms with Crippen molar-refractivity contribution < 1.29 is 19.1 Å². The predicted octanol–water partition coefficient (Wildman–Crippen LogP) is 4.58. The molecule has 3 saturated carbocycles. The van der Waals surface area contributed by atoms with Gasteiger partial charge in [-0.25, -0.2) is 0 Å². The van der Waals surface area contributed by atoms with Gasteiger partial charge in [0.1, 0.15) is 12.4 Å². The standard InChI is InChI=1S/C26H39NO4/c1-5-26(14-23(27)30)18(15-28)13-22-20-7-6-17-12-19(31-16(2)29)8-10-24(17,3)21(20)9-11-25(22,26)4/h6,15,18-22H,5,7-14H2,1-4H3,(H2,27,30)/t18?,19-,20+,21-,22-,24-,25-,26+/m0/s1. The van der Waals surface area contributed by atoms with E-state index in [0.717, 1.165) is 57.7 Å². The number of primary amides is 1. The van der Waals surface area contributed by atoms with Crippen LogP contribution in [-0.2, 0) is 19.1 Å². The summed E-state index contributed by atoms with van der Waals surface area (Å²) in [5, 5.41) is 0. The van der Waals surface area contributed by atoms with E-state index in [9.17, 15) is 14.4 Å². The van der Waals surface area contributed by atoms with Crippen molar-refractivity contribution in [3.05, 3.63) is 11.6 Å². The van der Waals surface area contributed by atoms with Crippen LogP contribution in [0.25, 0.3) is 0 Å². The summed E-state index contributed by atoms with van der Waals surface area (Å²) in [6, 6.07) is 0. The molecule has 8 atom stereocenters. The topological polar surface area (TPSA) is 86.5 Å². The summed E-state index contributed by atoms with van der Waals surface area (Å²) in [6.45, 7) is 8.40. The molecule has 4 aliphatic carbocycles. The molecular formula is C26H39NO4. The van der Waals surface area contributed by atoms with Gasteiger partial charge in [-0.05, 0) is 78.9 Å². The molecule has 1 amide bonds. The highest BCUT2D eigenvalue weighted by Gasteiger charge is 2.66. The van der Waals surface area contributed by atoms with Crippen molar-refractivity contribution in [2.75, 3.05) is 0 Å². The SMILES string of the molecule is CC[C@@]1(CC(N)=O)C(C=O)C[C@H]2[C@@H]3CC=C4C[C@@H](OC(C)=O)CC[C@]4(C)[C@H]3CC[C@@]21C. The summed E-state index contributed by atoms with van der Waals surface area (Å²) in [5.74, 6) is 1.03. The van der Waals surface area contributed by atoms with E-state index in [4.69, 9.17) is 10.5 Å². The Morgan fingerprint density at radius 2 is 1.97 bits per heavy atom. The van der Waals surface area contributed by atoms with Gasteiger partial charge in [-0.1, -0.05) is 32.4 Å². The Bertz CT molecular complexity index is 805. The molecule has 0 bridgehead atoms. The first-order chi connectivity index (χ1) is 14.6. The first-order valence-electron chi connectivity index (χ1n) is 12.2. The highest BCUT2D eigenvalue weighted by Crippen LogP contribution is 2.72. The van der Waals surface area contributed by atoms with E-state index < -0.39 is 0 Å². The van der Waals surface area contributed by atoms with Gasteiger partial charge in [0.15, 0.2) is 0 Å². The molecule has 0 saturated heterocycles. The fourth-order valence-corrected chi connectivity index (χ4v) is 8.88. The quantitative estimate of drug-likeness (QED) is 0.394. The van der Waals surface area contributed by atoms with Crippen LogP contribution < -0.4 is 5.73 Å². The molecule has 5 heteroatoms. The van der Waals surface area contributed by atoms with Crippen LogP contribution in [0.2, 0.25) is 0 Å². The Morgan fingerprint density at radius 1 is 1.23 bits per heavy atom. The fourth-order valence-electron chi connectivity index (χ4n) is 8.88. The second kappa shape index (κ2) is 7.74. The first kappa shape index (κ1) is 22.5. The maximum atomic E-state index is 12.2. The van der Waals surface area contributed by atoms with Gasteiger partial charge >= 0.3 is 5.97 Å². The van der Waals surface area contributed by atoms with Crippen LogP contribution in [0.5, 0.6) is 0 Å². The van der Waals surface area contributed by atoms with Crippen molar-refractivity contribution >= 4 is 18.2 Å². The third-order valence-electron chi connectivity index (χ3n) is 10.4. The molecule has 1 unspecified atom stereocenters. The number of allylic oxidation sites excluding steroid dienone is 1. The summed E-state index contributed by atoms with van der Waals surface area (Å²) < 4.78 is 5.55. The van der Waals surface area contributed by atoms with Crippen LogP contribution in [0.1, 0.15) is 85.5 Å². The van der Waals surface area contributed by atoms with Crippen LogP contribution in [0.4, 0.5) is 0 Å². The van der Waals surface area contributed by atoms with Crippen LogP contribution >= 0.6 is 0 Å². The van der Waals surface area contributed by atoms with Gasteiger partial charge in [0.05, 0.1) is 0 Å². The van der Waals surface area contributed by atoms with Crippen LogP contribution in [0.3, 0.4) is 0 Å². The van der Waals surface area contributed by atoms with E-state index in [1.807, 2.05) is 0 Å². The molecule has 0 aromatic heterocycles. The number of carbonyl (C=O) groups is 3. The molecule has 0 heterocycles. The lowest BCUT2D eigenvalue weighted by atomic mass is 9.45. The molecule has 31 heavy (non-hydrogen) atoms. The van der Waals surface area contributed by atoms with Crippen molar-refractivity contribution in [3.8, 4) is 0 Å². The average molecular weight is 430 g/mol. The number of hydrogen-bond donors (Lipinski definition) is 1. The summed E-state index contributed by atoms with van der Waals surface area (Å²) in [4.78, 5) is 35.8. The zero-order valence-electron chi connectivity index (χ0n) is 19.6. The van der Waals surface area contributed by atoms with Gasteiger partial charge in [0, 0.05) is 25.7 Å². The molecule has 172 valence electrons.